The lowest BCUT2D eigenvalue weighted by Gasteiger charge is -2.05. The number of unbranched alkanes of at least 4 members (excludes halogenated alkanes) is 50. The van der Waals surface area contributed by atoms with Gasteiger partial charge in [-0.05, 0) is 82.6 Å². The van der Waals surface area contributed by atoms with Gasteiger partial charge in [-0.25, -0.2) is 0 Å². The monoisotopic (exact) mass is 907 g/mol. The fourth-order valence-electron chi connectivity index (χ4n) is 9.88. The molecule has 0 aromatic carbocycles. The molecule has 384 valence electrons. The van der Waals surface area contributed by atoms with E-state index >= 15 is 0 Å². The highest BCUT2D eigenvalue weighted by atomic mass is 16.1. The first-order valence-electron chi connectivity index (χ1n) is 30.8. The van der Waals surface area contributed by atoms with E-state index in [1.165, 1.54) is 340 Å². The molecule has 0 saturated heterocycles. The van der Waals surface area contributed by atoms with Crippen molar-refractivity contribution in [3.63, 3.8) is 0 Å². The molecule has 0 saturated carbocycles. The van der Waals surface area contributed by atoms with Gasteiger partial charge >= 0.3 is 0 Å². The lowest BCUT2D eigenvalue weighted by molar-refractivity contribution is -0.105. The summed E-state index contributed by atoms with van der Waals surface area (Å²) < 4.78 is 0. The summed E-state index contributed by atoms with van der Waals surface area (Å²) in [6.45, 7) is 4.60. The van der Waals surface area contributed by atoms with Crippen LogP contribution in [-0.4, -0.2) is 6.29 Å². The van der Waals surface area contributed by atoms with Crippen LogP contribution in [0.2, 0.25) is 0 Å². The first-order valence-corrected chi connectivity index (χ1v) is 30.8. The summed E-state index contributed by atoms with van der Waals surface area (Å²) in [4.78, 5) is 11.6. The molecule has 0 bridgehead atoms. The van der Waals surface area contributed by atoms with Crippen molar-refractivity contribution in [2.75, 3.05) is 0 Å². The Kier molecular flexibility index (Phi) is 59.9. The van der Waals surface area contributed by atoms with E-state index in [2.05, 4.69) is 44.2 Å². The molecule has 0 aromatic rings. The first-order chi connectivity index (χ1) is 32.3. The lowest BCUT2D eigenvalue weighted by Crippen LogP contribution is -1.88. The van der Waals surface area contributed by atoms with Crippen LogP contribution in [0, 0.1) is 0 Å². The fraction of sp³-hybridized carbons (Fsp3) is 0.891. The minimum Gasteiger partial charge on any atom is -0.298 e. The highest BCUT2D eigenvalue weighted by Gasteiger charge is 2.00. The van der Waals surface area contributed by atoms with Crippen molar-refractivity contribution >= 4 is 6.29 Å². The minimum absolute atomic E-state index is 0.999. The van der Waals surface area contributed by atoms with Gasteiger partial charge in [-0.3, -0.25) is 4.79 Å². The Labute approximate surface area is 412 Å². The van der Waals surface area contributed by atoms with E-state index in [9.17, 15) is 4.79 Å². The molecule has 0 fully saturated rings. The topological polar surface area (TPSA) is 17.1 Å². The van der Waals surface area contributed by atoms with E-state index in [0.29, 0.717) is 0 Å². The van der Waals surface area contributed by atoms with Crippen LogP contribution in [0.1, 0.15) is 367 Å². The molecule has 0 aromatic heterocycles. The lowest BCUT2D eigenvalue weighted by atomic mass is 10.0. The molecule has 0 heterocycles. The number of allylic oxidation sites excluding steroid dienone is 6. The maximum atomic E-state index is 11.6. The SMILES string of the molecule is CCCCCCCC/C=C\CCCCCCCCCCCCCCCCCCCCC/C=C(/C=O)CCCCCCCCCCCCCCCCCCCC/C=C\CCCCCCCC. The molecule has 65 heavy (non-hydrogen) atoms. The molecule has 0 unspecified atom stereocenters. The Balaban J connectivity index is 3.29. The molecule has 0 atom stereocenters. The van der Waals surface area contributed by atoms with Crippen molar-refractivity contribution < 1.29 is 4.79 Å². The zero-order chi connectivity index (χ0) is 46.7. The van der Waals surface area contributed by atoms with Gasteiger partial charge in [0, 0.05) is 0 Å². The molecule has 0 spiro atoms. The number of carbonyl (C=O) groups is 1. The van der Waals surface area contributed by atoms with Gasteiger partial charge in [-0.1, -0.05) is 320 Å². The summed E-state index contributed by atoms with van der Waals surface area (Å²) >= 11 is 0. The van der Waals surface area contributed by atoms with Gasteiger partial charge in [-0.2, -0.15) is 0 Å². The van der Waals surface area contributed by atoms with Crippen LogP contribution in [-0.2, 0) is 4.79 Å². The van der Waals surface area contributed by atoms with E-state index in [0.717, 1.165) is 24.7 Å². The Hall–Kier alpha value is -1.11. The van der Waals surface area contributed by atoms with Crippen molar-refractivity contribution in [2.24, 2.45) is 0 Å². The summed E-state index contributed by atoms with van der Waals surface area (Å²) in [6.07, 6.45) is 89.9. The van der Waals surface area contributed by atoms with E-state index in [1.54, 1.807) is 0 Å². The largest absolute Gasteiger partial charge is 0.298 e. The van der Waals surface area contributed by atoms with Gasteiger partial charge in [-0.15, -0.1) is 0 Å². The molecule has 0 radical (unpaired) electrons. The third kappa shape index (κ3) is 59.0. The van der Waals surface area contributed by atoms with Gasteiger partial charge in [0.05, 0.1) is 0 Å². The zero-order valence-corrected chi connectivity index (χ0v) is 45.3. The quantitative estimate of drug-likeness (QED) is 0.0257. The van der Waals surface area contributed by atoms with Gasteiger partial charge in [0.1, 0.15) is 6.29 Å². The van der Waals surface area contributed by atoms with Crippen molar-refractivity contribution in [1.82, 2.24) is 0 Å². The third-order valence-electron chi connectivity index (χ3n) is 14.5. The number of hydrogen-bond acceptors (Lipinski definition) is 1. The van der Waals surface area contributed by atoms with Gasteiger partial charge < -0.3 is 0 Å². The van der Waals surface area contributed by atoms with Crippen molar-refractivity contribution in [2.45, 2.75) is 367 Å². The maximum absolute atomic E-state index is 11.6. The Morgan fingerprint density at radius 2 is 0.415 bits per heavy atom. The normalized spacial score (nSPS) is 12.2. The van der Waals surface area contributed by atoms with Gasteiger partial charge in [0.2, 0.25) is 0 Å². The standard InChI is InChI=1S/C64H122O/c1-3-5-7-9-11-13-15-17-19-21-23-25-27-29-31-33-34-36-38-40-42-44-46-48-50-52-54-56-58-60-62-64(63-65)61-59-57-55-53-51-49-47-45-43-41-39-37-35-32-30-28-26-24-22-20-18-16-14-12-10-8-6-4-2/h17-20,62-63H,3-16,21-61H2,1-2H3/b19-17-,20-18-,64-62+. The van der Waals surface area contributed by atoms with Crippen LogP contribution >= 0.6 is 0 Å². The molecular formula is C64H122O. The van der Waals surface area contributed by atoms with Crippen LogP contribution in [0.5, 0.6) is 0 Å². The molecule has 0 rings (SSSR count). The Morgan fingerprint density at radius 3 is 0.631 bits per heavy atom. The second-order valence-corrected chi connectivity index (χ2v) is 21.2. The summed E-state index contributed by atoms with van der Waals surface area (Å²) in [5, 5.41) is 0. The average molecular weight is 908 g/mol. The predicted molar refractivity (Wildman–Crippen MR) is 298 cm³/mol. The summed E-state index contributed by atoms with van der Waals surface area (Å²) in [6, 6.07) is 0. The second kappa shape index (κ2) is 60.9. The molecule has 0 amide bonds. The minimum atomic E-state index is 0.999. The fourth-order valence-corrected chi connectivity index (χ4v) is 9.88. The number of carbonyl (C=O) groups excluding carboxylic acids is 1. The summed E-state index contributed by atoms with van der Waals surface area (Å²) in [5.41, 5.74) is 1.07. The predicted octanol–water partition coefficient (Wildman–Crippen LogP) is 23.7. The van der Waals surface area contributed by atoms with E-state index in [4.69, 9.17) is 0 Å². The smallest absolute Gasteiger partial charge is 0.145 e. The molecule has 1 heteroatoms. The van der Waals surface area contributed by atoms with Crippen molar-refractivity contribution in [1.29, 1.82) is 0 Å². The second-order valence-electron chi connectivity index (χ2n) is 21.2. The molecule has 1 nitrogen and oxygen atoms in total. The Morgan fingerprint density at radius 1 is 0.231 bits per heavy atom. The van der Waals surface area contributed by atoms with Crippen LogP contribution in [0.3, 0.4) is 0 Å². The van der Waals surface area contributed by atoms with Crippen LogP contribution in [0.4, 0.5) is 0 Å². The van der Waals surface area contributed by atoms with Gasteiger partial charge in [0.25, 0.3) is 0 Å². The zero-order valence-electron chi connectivity index (χ0n) is 45.3. The highest BCUT2D eigenvalue weighted by Crippen LogP contribution is 2.19. The molecule has 0 aliphatic carbocycles. The van der Waals surface area contributed by atoms with Crippen LogP contribution in [0.15, 0.2) is 36.0 Å². The molecular weight excluding hydrogens is 785 g/mol. The molecule has 0 N–H and O–H groups in total. The first kappa shape index (κ1) is 63.9. The van der Waals surface area contributed by atoms with Crippen molar-refractivity contribution in [3.8, 4) is 0 Å². The van der Waals surface area contributed by atoms with Gasteiger partial charge in [0.15, 0.2) is 0 Å². The number of rotatable bonds is 58. The van der Waals surface area contributed by atoms with E-state index in [-0.39, 0.29) is 0 Å². The number of hydrogen-bond donors (Lipinski definition) is 0. The third-order valence-corrected chi connectivity index (χ3v) is 14.5. The summed E-state index contributed by atoms with van der Waals surface area (Å²) in [5.74, 6) is 0. The van der Waals surface area contributed by atoms with E-state index in [1.807, 2.05) is 0 Å². The van der Waals surface area contributed by atoms with Crippen LogP contribution < -0.4 is 0 Å². The maximum Gasteiger partial charge on any atom is 0.145 e. The van der Waals surface area contributed by atoms with Crippen LogP contribution in [0.25, 0.3) is 0 Å². The molecule has 0 aliphatic rings. The summed E-state index contributed by atoms with van der Waals surface area (Å²) in [7, 11) is 0. The highest BCUT2D eigenvalue weighted by molar-refractivity contribution is 5.72. The Bertz CT molecular complexity index is 941. The van der Waals surface area contributed by atoms with Crippen molar-refractivity contribution in [3.05, 3.63) is 36.0 Å². The van der Waals surface area contributed by atoms with E-state index < -0.39 is 0 Å². The average Bonchev–Trinajstić information content (AvgIpc) is 3.32. The molecule has 0 aliphatic heterocycles. The number of aldehydes is 1.